The highest BCUT2D eigenvalue weighted by molar-refractivity contribution is 9.10. The Morgan fingerprint density at radius 1 is 1.25 bits per heavy atom. The van der Waals surface area contributed by atoms with Crippen molar-refractivity contribution >= 4 is 15.9 Å². The van der Waals surface area contributed by atoms with E-state index in [-0.39, 0.29) is 11.2 Å². The summed E-state index contributed by atoms with van der Waals surface area (Å²) in [4.78, 5) is 0. The summed E-state index contributed by atoms with van der Waals surface area (Å²) in [6, 6.07) is 5.43. The Balaban J connectivity index is 2.35. The molecule has 1 fully saturated rings. The summed E-state index contributed by atoms with van der Waals surface area (Å²) in [7, 11) is 0. The quantitative estimate of drug-likeness (QED) is 0.880. The number of hydrogen-bond acceptors (Lipinski definition) is 1. The van der Waals surface area contributed by atoms with E-state index < -0.39 is 0 Å². The minimum atomic E-state index is -0.184. The maximum atomic E-state index is 13.6. The van der Waals surface area contributed by atoms with E-state index in [4.69, 9.17) is 5.73 Å². The van der Waals surface area contributed by atoms with Crippen molar-refractivity contribution in [1.29, 1.82) is 0 Å². The third-order valence-corrected chi connectivity index (χ3v) is 4.38. The third kappa shape index (κ3) is 2.16. The molecule has 0 heterocycles. The van der Waals surface area contributed by atoms with Crippen LogP contribution in [0.15, 0.2) is 22.7 Å². The monoisotopic (exact) mass is 285 g/mol. The van der Waals surface area contributed by atoms with E-state index in [1.54, 1.807) is 12.1 Å². The van der Waals surface area contributed by atoms with Gasteiger partial charge in [0.05, 0.1) is 4.47 Å². The van der Waals surface area contributed by atoms with E-state index >= 15 is 0 Å². The van der Waals surface area contributed by atoms with Crippen molar-refractivity contribution in [1.82, 2.24) is 0 Å². The molecule has 3 heteroatoms. The zero-order valence-corrected chi connectivity index (χ0v) is 10.9. The van der Waals surface area contributed by atoms with Gasteiger partial charge < -0.3 is 5.73 Å². The van der Waals surface area contributed by atoms with Crippen LogP contribution < -0.4 is 5.73 Å². The Morgan fingerprint density at radius 3 is 2.50 bits per heavy atom. The lowest BCUT2D eigenvalue weighted by molar-refractivity contribution is 0.300. The second-order valence-electron chi connectivity index (χ2n) is 4.67. The molecule has 1 aromatic rings. The molecule has 0 spiro atoms. The fourth-order valence-corrected chi connectivity index (χ4v) is 2.91. The lowest BCUT2D eigenvalue weighted by atomic mass is 9.69. The normalized spacial score (nSPS) is 19.7. The van der Waals surface area contributed by atoms with E-state index in [1.807, 2.05) is 6.07 Å². The molecule has 0 unspecified atom stereocenters. The molecule has 0 atom stereocenters. The van der Waals surface area contributed by atoms with Gasteiger partial charge in [-0.1, -0.05) is 25.3 Å². The van der Waals surface area contributed by atoms with Gasteiger partial charge in [-0.15, -0.1) is 0 Å². The van der Waals surface area contributed by atoms with Gasteiger partial charge in [0.25, 0.3) is 0 Å². The predicted molar refractivity (Wildman–Crippen MR) is 67.9 cm³/mol. The van der Waals surface area contributed by atoms with Crippen LogP contribution in [-0.2, 0) is 5.41 Å². The lowest BCUT2D eigenvalue weighted by Crippen LogP contribution is -2.37. The smallest absolute Gasteiger partial charge is 0.137 e. The number of rotatable bonds is 2. The molecule has 1 aliphatic carbocycles. The summed E-state index contributed by atoms with van der Waals surface area (Å²) < 4.78 is 14.1. The van der Waals surface area contributed by atoms with Gasteiger partial charge in [-0.25, -0.2) is 4.39 Å². The second-order valence-corrected chi connectivity index (χ2v) is 5.53. The van der Waals surface area contributed by atoms with Gasteiger partial charge in [-0.2, -0.15) is 0 Å². The minimum Gasteiger partial charge on any atom is -0.330 e. The average molecular weight is 286 g/mol. The van der Waals surface area contributed by atoms with Gasteiger partial charge in [-0.3, -0.25) is 0 Å². The average Bonchev–Trinajstić information content (AvgIpc) is 2.33. The van der Waals surface area contributed by atoms with Crippen LogP contribution in [0.25, 0.3) is 0 Å². The second kappa shape index (κ2) is 4.84. The van der Waals surface area contributed by atoms with E-state index in [1.165, 1.54) is 19.3 Å². The summed E-state index contributed by atoms with van der Waals surface area (Å²) in [6.07, 6.45) is 5.86. The number of nitrogens with two attached hydrogens (primary N) is 1. The van der Waals surface area contributed by atoms with Crippen LogP contribution >= 0.6 is 15.9 Å². The third-order valence-electron chi connectivity index (χ3n) is 3.73. The van der Waals surface area contributed by atoms with Crippen LogP contribution in [0, 0.1) is 5.82 Å². The number of benzene rings is 1. The van der Waals surface area contributed by atoms with Gasteiger partial charge >= 0.3 is 0 Å². The van der Waals surface area contributed by atoms with Crippen LogP contribution in [0.5, 0.6) is 0 Å². The van der Waals surface area contributed by atoms with Crippen molar-refractivity contribution in [3.8, 4) is 0 Å². The van der Waals surface area contributed by atoms with Gasteiger partial charge in [-0.05, 0) is 46.5 Å². The largest absolute Gasteiger partial charge is 0.330 e. The molecule has 1 saturated carbocycles. The first-order valence-electron chi connectivity index (χ1n) is 5.83. The molecule has 88 valence electrons. The first kappa shape index (κ1) is 12.1. The first-order valence-corrected chi connectivity index (χ1v) is 6.63. The van der Waals surface area contributed by atoms with Crippen LogP contribution in [0.2, 0.25) is 0 Å². The Hall–Kier alpha value is -0.410. The molecule has 0 bridgehead atoms. The molecular weight excluding hydrogens is 269 g/mol. The zero-order valence-electron chi connectivity index (χ0n) is 9.31. The molecular formula is C13H17BrFN. The number of hydrogen-bond donors (Lipinski definition) is 1. The van der Waals surface area contributed by atoms with Gasteiger partial charge in [0.2, 0.25) is 0 Å². The molecule has 1 nitrogen and oxygen atoms in total. The van der Waals surface area contributed by atoms with E-state index in [2.05, 4.69) is 15.9 Å². The standard InChI is InChI=1S/C13H17BrFN/c14-11-5-4-10(8-12(11)15)13(9-16)6-2-1-3-7-13/h4-5,8H,1-3,6-7,9,16H2. The molecule has 0 aliphatic heterocycles. The van der Waals surface area contributed by atoms with Gasteiger partial charge in [0.15, 0.2) is 0 Å². The molecule has 16 heavy (non-hydrogen) atoms. The molecule has 0 saturated heterocycles. The lowest BCUT2D eigenvalue weighted by Gasteiger charge is -2.36. The van der Waals surface area contributed by atoms with Crippen LogP contribution in [0.1, 0.15) is 37.7 Å². The molecule has 2 N–H and O–H groups in total. The van der Waals surface area contributed by atoms with E-state index in [9.17, 15) is 4.39 Å². The fourth-order valence-electron chi connectivity index (χ4n) is 2.67. The summed E-state index contributed by atoms with van der Waals surface area (Å²) in [6.45, 7) is 0.619. The fraction of sp³-hybridized carbons (Fsp3) is 0.538. The SMILES string of the molecule is NCC1(c2ccc(Br)c(F)c2)CCCCC1. The minimum absolute atomic E-state index is 0.0137. The highest BCUT2D eigenvalue weighted by Crippen LogP contribution is 2.39. The van der Waals surface area contributed by atoms with Crippen molar-refractivity contribution in [2.75, 3.05) is 6.54 Å². The Labute approximate surface area is 104 Å². The van der Waals surface area contributed by atoms with Crippen LogP contribution in [-0.4, -0.2) is 6.54 Å². The van der Waals surface area contributed by atoms with Crippen molar-refractivity contribution < 1.29 is 4.39 Å². The maximum Gasteiger partial charge on any atom is 0.137 e. The van der Waals surface area contributed by atoms with Crippen molar-refractivity contribution in [3.63, 3.8) is 0 Å². The molecule has 0 amide bonds. The molecule has 1 aliphatic rings. The van der Waals surface area contributed by atoms with Crippen LogP contribution in [0.4, 0.5) is 4.39 Å². The van der Waals surface area contributed by atoms with E-state index in [0.717, 1.165) is 18.4 Å². The summed E-state index contributed by atoms with van der Waals surface area (Å²) >= 11 is 3.19. The summed E-state index contributed by atoms with van der Waals surface area (Å²) in [5.74, 6) is -0.184. The molecule has 2 rings (SSSR count). The summed E-state index contributed by atoms with van der Waals surface area (Å²) in [5, 5.41) is 0. The molecule has 0 radical (unpaired) electrons. The number of halogens is 2. The Bertz CT molecular complexity index is 372. The Kier molecular flexibility index (Phi) is 3.65. The van der Waals surface area contributed by atoms with Gasteiger partial charge in [0.1, 0.15) is 5.82 Å². The zero-order chi connectivity index (χ0) is 11.6. The van der Waals surface area contributed by atoms with Gasteiger partial charge in [0, 0.05) is 12.0 Å². The van der Waals surface area contributed by atoms with Crippen molar-refractivity contribution in [2.45, 2.75) is 37.5 Å². The maximum absolute atomic E-state index is 13.6. The topological polar surface area (TPSA) is 26.0 Å². The van der Waals surface area contributed by atoms with Crippen molar-refractivity contribution in [3.05, 3.63) is 34.1 Å². The van der Waals surface area contributed by atoms with Crippen molar-refractivity contribution in [2.24, 2.45) is 5.73 Å². The highest BCUT2D eigenvalue weighted by atomic mass is 79.9. The molecule has 0 aromatic heterocycles. The highest BCUT2D eigenvalue weighted by Gasteiger charge is 2.32. The van der Waals surface area contributed by atoms with Crippen LogP contribution in [0.3, 0.4) is 0 Å². The Morgan fingerprint density at radius 2 is 1.94 bits per heavy atom. The predicted octanol–water partition coefficient (Wildman–Crippen LogP) is 3.75. The first-order chi connectivity index (χ1) is 7.68. The molecule has 1 aromatic carbocycles. The van der Waals surface area contributed by atoms with E-state index in [0.29, 0.717) is 11.0 Å². The summed E-state index contributed by atoms with van der Waals surface area (Å²) in [5.41, 5.74) is 7.00.